The van der Waals surface area contributed by atoms with Crippen LogP contribution in [0.2, 0.25) is 5.02 Å². The predicted molar refractivity (Wildman–Crippen MR) is 107 cm³/mol. The van der Waals surface area contributed by atoms with Gasteiger partial charge in [-0.1, -0.05) is 35.9 Å². The summed E-state index contributed by atoms with van der Waals surface area (Å²) in [7, 11) is 0. The van der Waals surface area contributed by atoms with Gasteiger partial charge in [0.1, 0.15) is 5.75 Å². The molecular formula is C21H23ClN2O2. The van der Waals surface area contributed by atoms with Crippen molar-refractivity contribution in [2.24, 2.45) is 0 Å². The second kappa shape index (κ2) is 7.94. The summed E-state index contributed by atoms with van der Waals surface area (Å²) in [6.45, 7) is 5.41. The number of hydrogen-bond donors (Lipinski definition) is 2. The number of halogens is 1. The van der Waals surface area contributed by atoms with Crippen LogP contribution in [-0.2, 0) is 4.79 Å². The highest BCUT2D eigenvalue weighted by Crippen LogP contribution is 2.25. The third-order valence-corrected chi connectivity index (χ3v) is 5.10. The van der Waals surface area contributed by atoms with Gasteiger partial charge >= 0.3 is 0 Å². The SMILES string of the molecule is Cc1ccc(Cl)cc1NC(=O)C(C)N1CC=C(c2ccc(O)cc2)CC1. The van der Waals surface area contributed by atoms with E-state index in [1.54, 1.807) is 18.2 Å². The number of rotatable bonds is 4. The second-order valence-electron chi connectivity index (χ2n) is 6.65. The van der Waals surface area contributed by atoms with Gasteiger partial charge < -0.3 is 10.4 Å². The van der Waals surface area contributed by atoms with Crippen LogP contribution in [0.5, 0.6) is 5.75 Å². The van der Waals surface area contributed by atoms with E-state index in [1.165, 1.54) is 5.57 Å². The molecule has 0 aliphatic carbocycles. The molecule has 0 bridgehead atoms. The lowest BCUT2D eigenvalue weighted by Crippen LogP contribution is -2.44. The zero-order valence-corrected chi connectivity index (χ0v) is 15.8. The van der Waals surface area contributed by atoms with Gasteiger partial charge in [-0.3, -0.25) is 9.69 Å². The van der Waals surface area contributed by atoms with Crippen molar-refractivity contribution in [2.45, 2.75) is 26.3 Å². The van der Waals surface area contributed by atoms with Gasteiger partial charge in [0.25, 0.3) is 0 Å². The van der Waals surface area contributed by atoms with Crippen molar-refractivity contribution in [1.29, 1.82) is 0 Å². The molecule has 1 unspecified atom stereocenters. The number of phenolic OH excluding ortho intramolecular Hbond substituents is 1. The maximum atomic E-state index is 12.6. The molecule has 0 radical (unpaired) electrons. The first kappa shape index (κ1) is 18.5. The Morgan fingerprint density at radius 3 is 2.62 bits per heavy atom. The third kappa shape index (κ3) is 4.26. The van der Waals surface area contributed by atoms with Crippen molar-refractivity contribution >= 4 is 28.8 Å². The second-order valence-corrected chi connectivity index (χ2v) is 7.08. The normalized spacial score (nSPS) is 16.0. The van der Waals surface area contributed by atoms with Gasteiger partial charge in [-0.25, -0.2) is 0 Å². The molecule has 1 atom stereocenters. The number of phenols is 1. The minimum atomic E-state index is -0.231. The van der Waals surface area contributed by atoms with E-state index in [2.05, 4.69) is 16.3 Å². The summed E-state index contributed by atoms with van der Waals surface area (Å²) in [5.74, 6) is 0.241. The summed E-state index contributed by atoms with van der Waals surface area (Å²) in [5.41, 5.74) is 4.11. The predicted octanol–water partition coefficient (Wildman–Crippen LogP) is 4.47. The number of carbonyl (C=O) groups excluding carboxylic acids is 1. The average Bonchev–Trinajstić information content (AvgIpc) is 2.65. The van der Waals surface area contributed by atoms with Gasteiger partial charge in [-0.05, 0) is 61.2 Å². The molecule has 1 heterocycles. The van der Waals surface area contributed by atoms with E-state index in [0.29, 0.717) is 5.02 Å². The van der Waals surface area contributed by atoms with Crippen LogP contribution in [0.4, 0.5) is 5.69 Å². The number of anilines is 1. The van der Waals surface area contributed by atoms with Crippen LogP contribution in [0.25, 0.3) is 5.57 Å². The number of carbonyl (C=O) groups is 1. The van der Waals surface area contributed by atoms with E-state index in [-0.39, 0.29) is 17.7 Å². The van der Waals surface area contributed by atoms with E-state index in [1.807, 2.05) is 38.1 Å². The first-order chi connectivity index (χ1) is 12.4. The minimum absolute atomic E-state index is 0.0307. The van der Waals surface area contributed by atoms with Crippen LogP contribution < -0.4 is 5.32 Å². The molecule has 26 heavy (non-hydrogen) atoms. The molecule has 2 aromatic carbocycles. The van der Waals surface area contributed by atoms with Crippen molar-refractivity contribution < 1.29 is 9.90 Å². The molecule has 2 aromatic rings. The molecule has 136 valence electrons. The maximum Gasteiger partial charge on any atom is 0.241 e. The third-order valence-electron chi connectivity index (χ3n) is 4.86. The number of benzene rings is 2. The molecule has 0 saturated heterocycles. The van der Waals surface area contributed by atoms with Crippen LogP contribution in [0.1, 0.15) is 24.5 Å². The topological polar surface area (TPSA) is 52.6 Å². The van der Waals surface area contributed by atoms with Crippen LogP contribution in [-0.4, -0.2) is 35.0 Å². The molecule has 2 N–H and O–H groups in total. The van der Waals surface area contributed by atoms with Gasteiger partial charge in [0.2, 0.25) is 5.91 Å². The largest absolute Gasteiger partial charge is 0.508 e. The lowest BCUT2D eigenvalue weighted by atomic mass is 9.98. The summed E-state index contributed by atoms with van der Waals surface area (Å²) in [5, 5.41) is 13.0. The van der Waals surface area contributed by atoms with Crippen LogP contribution in [0.15, 0.2) is 48.5 Å². The lowest BCUT2D eigenvalue weighted by molar-refractivity contribution is -0.120. The van der Waals surface area contributed by atoms with Crippen molar-refractivity contribution in [3.8, 4) is 5.75 Å². The number of amides is 1. The van der Waals surface area contributed by atoms with Gasteiger partial charge in [0.15, 0.2) is 0 Å². The number of nitrogens with one attached hydrogen (secondary N) is 1. The van der Waals surface area contributed by atoms with Crippen LogP contribution in [0, 0.1) is 6.92 Å². The van der Waals surface area contributed by atoms with E-state index >= 15 is 0 Å². The van der Waals surface area contributed by atoms with Gasteiger partial charge in [0, 0.05) is 23.8 Å². The summed E-state index contributed by atoms with van der Waals surface area (Å²) in [6, 6.07) is 12.5. The zero-order valence-electron chi connectivity index (χ0n) is 15.0. The molecule has 0 fully saturated rings. The van der Waals surface area contributed by atoms with Crippen molar-refractivity contribution in [3.05, 3.63) is 64.7 Å². The Morgan fingerprint density at radius 1 is 1.23 bits per heavy atom. The number of aromatic hydroxyl groups is 1. The Kier molecular flexibility index (Phi) is 5.64. The van der Waals surface area contributed by atoms with Gasteiger partial charge in [0.05, 0.1) is 6.04 Å². The summed E-state index contributed by atoms with van der Waals surface area (Å²) >= 11 is 6.03. The molecular weight excluding hydrogens is 348 g/mol. The Morgan fingerprint density at radius 2 is 1.96 bits per heavy atom. The van der Waals surface area contributed by atoms with E-state index in [0.717, 1.165) is 36.3 Å². The molecule has 0 aromatic heterocycles. The molecule has 4 nitrogen and oxygen atoms in total. The van der Waals surface area contributed by atoms with Gasteiger partial charge in [-0.15, -0.1) is 0 Å². The van der Waals surface area contributed by atoms with E-state index in [9.17, 15) is 9.90 Å². The molecule has 3 rings (SSSR count). The molecule has 1 aliphatic heterocycles. The van der Waals surface area contributed by atoms with Crippen molar-refractivity contribution in [2.75, 3.05) is 18.4 Å². The molecule has 0 saturated carbocycles. The summed E-state index contributed by atoms with van der Waals surface area (Å²) in [6.07, 6.45) is 3.03. The highest BCUT2D eigenvalue weighted by Gasteiger charge is 2.23. The highest BCUT2D eigenvalue weighted by atomic mass is 35.5. The Labute approximate surface area is 159 Å². The first-order valence-corrected chi connectivity index (χ1v) is 9.11. The number of aryl methyl sites for hydroxylation is 1. The average molecular weight is 371 g/mol. The number of hydrogen-bond acceptors (Lipinski definition) is 3. The first-order valence-electron chi connectivity index (χ1n) is 8.73. The molecule has 1 aliphatic rings. The van der Waals surface area contributed by atoms with Crippen molar-refractivity contribution in [3.63, 3.8) is 0 Å². The standard InChI is InChI=1S/C21H23ClN2O2/c1-14-3-6-18(22)13-20(14)23-21(26)15(2)24-11-9-17(10-12-24)16-4-7-19(25)8-5-16/h3-9,13,15,25H,10-12H2,1-2H3,(H,23,26). The summed E-state index contributed by atoms with van der Waals surface area (Å²) in [4.78, 5) is 14.8. The fraction of sp³-hybridized carbons (Fsp3) is 0.286. The molecule has 0 spiro atoms. The fourth-order valence-corrected chi connectivity index (χ4v) is 3.28. The quantitative estimate of drug-likeness (QED) is 0.834. The number of nitrogens with zero attached hydrogens (tertiary/aromatic N) is 1. The van der Waals surface area contributed by atoms with Crippen molar-refractivity contribution in [1.82, 2.24) is 4.90 Å². The Balaban J connectivity index is 1.64. The zero-order chi connectivity index (χ0) is 18.7. The van der Waals surface area contributed by atoms with Gasteiger partial charge in [-0.2, -0.15) is 0 Å². The molecule has 5 heteroatoms. The molecule has 1 amide bonds. The Hall–Kier alpha value is -2.30. The van der Waals surface area contributed by atoms with E-state index < -0.39 is 0 Å². The Bertz CT molecular complexity index is 830. The summed E-state index contributed by atoms with van der Waals surface area (Å²) < 4.78 is 0. The maximum absolute atomic E-state index is 12.6. The fourth-order valence-electron chi connectivity index (χ4n) is 3.11. The van der Waals surface area contributed by atoms with Crippen LogP contribution in [0.3, 0.4) is 0 Å². The smallest absolute Gasteiger partial charge is 0.241 e. The van der Waals surface area contributed by atoms with Crippen LogP contribution >= 0.6 is 11.6 Å². The highest BCUT2D eigenvalue weighted by molar-refractivity contribution is 6.31. The monoisotopic (exact) mass is 370 g/mol. The lowest BCUT2D eigenvalue weighted by Gasteiger charge is -2.31. The minimum Gasteiger partial charge on any atom is -0.508 e. The van der Waals surface area contributed by atoms with E-state index in [4.69, 9.17) is 11.6 Å².